The van der Waals surface area contributed by atoms with Gasteiger partial charge in [0.1, 0.15) is 0 Å². The highest BCUT2D eigenvalue weighted by Crippen LogP contribution is 2.28. The van der Waals surface area contributed by atoms with E-state index < -0.39 is 0 Å². The maximum absolute atomic E-state index is 5.90. The maximum atomic E-state index is 5.90. The molecule has 3 unspecified atom stereocenters. The Kier molecular flexibility index (Phi) is 6.06. The number of hydrogen-bond acceptors (Lipinski definition) is 2. The molecule has 1 aromatic rings. The van der Waals surface area contributed by atoms with E-state index in [9.17, 15) is 0 Å². The number of nitrogens with one attached hydrogen (secondary N) is 1. The molecule has 2 nitrogen and oxygen atoms in total. The van der Waals surface area contributed by atoms with Crippen LogP contribution >= 0.6 is 0 Å². The molecule has 1 heterocycles. The molecule has 1 fully saturated rings. The van der Waals surface area contributed by atoms with Crippen LogP contribution in [0.4, 0.5) is 0 Å². The van der Waals surface area contributed by atoms with Gasteiger partial charge < -0.3 is 10.1 Å². The summed E-state index contributed by atoms with van der Waals surface area (Å²) in [5, 5.41) is 3.67. The minimum Gasteiger partial charge on any atom is -0.376 e. The number of benzene rings is 1. The SMILES string of the molecule is CCCNC(c1ccc(C(C)CC)cc1)C1CCCO1. The second kappa shape index (κ2) is 7.80. The van der Waals surface area contributed by atoms with Gasteiger partial charge in [-0.2, -0.15) is 0 Å². The first-order valence-corrected chi connectivity index (χ1v) is 8.21. The number of hydrogen-bond donors (Lipinski definition) is 1. The van der Waals surface area contributed by atoms with Crippen LogP contribution in [0, 0.1) is 0 Å². The van der Waals surface area contributed by atoms with Crippen molar-refractivity contribution in [1.82, 2.24) is 5.32 Å². The van der Waals surface area contributed by atoms with Crippen LogP contribution in [0.15, 0.2) is 24.3 Å². The van der Waals surface area contributed by atoms with Gasteiger partial charge in [0.05, 0.1) is 12.1 Å². The van der Waals surface area contributed by atoms with E-state index in [1.54, 1.807) is 0 Å². The number of ether oxygens (including phenoxy) is 1. The molecule has 1 aromatic carbocycles. The average molecular weight is 275 g/mol. The van der Waals surface area contributed by atoms with E-state index in [-0.39, 0.29) is 0 Å². The number of rotatable bonds is 7. The molecule has 3 atom stereocenters. The summed E-state index contributed by atoms with van der Waals surface area (Å²) in [7, 11) is 0. The van der Waals surface area contributed by atoms with Gasteiger partial charge in [-0.1, -0.05) is 45.0 Å². The third kappa shape index (κ3) is 3.83. The minimum absolute atomic E-state index is 0.344. The summed E-state index contributed by atoms with van der Waals surface area (Å²) >= 11 is 0. The lowest BCUT2D eigenvalue weighted by molar-refractivity contribution is 0.0783. The second-order valence-electron chi connectivity index (χ2n) is 5.96. The predicted octanol–water partition coefficient (Wildman–Crippen LogP) is 4.42. The van der Waals surface area contributed by atoms with Gasteiger partial charge >= 0.3 is 0 Å². The fraction of sp³-hybridized carbons (Fsp3) is 0.667. The van der Waals surface area contributed by atoms with Crippen LogP contribution in [0.3, 0.4) is 0 Å². The quantitative estimate of drug-likeness (QED) is 0.795. The Morgan fingerprint density at radius 2 is 1.90 bits per heavy atom. The van der Waals surface area contributed by atoms with Crippen LogP contribution in [0.5, 0.6) is 0 Å². The summed E-state index contributed by atoms with van der Waals surface area (Å²) in [5.74, 6) is 0.647. The smallest absolute Gasteiger partial charge is 0.0770 e. The average Bonchev–Trinajstić information content (AvgIpc) is 3.01. The molecular weight excluding hydrogens is 246 g/mol. The molecule has 112 valence electrons. The summed E-state index contributed by atoms with van der Waals surface area (Å²) in [6.45, 7) is 8.72. The third-order valence-electron chi connectivity index (χ3n) is 4.43. The van der Waals surface area contributed by atoms with E-state index in [1.165, 1.54) is 30.4 Å². The Bertz CT molecular complexity index is 381. The first kappa shape index (κ1) is 15.5. The van der Waals surface area contributed by atoms with Crippen LogP contribution in [0.2, 0.25) is 0 Å². The topological polar surface area (TPSA) is 21.3 Å². The summed E-state index contributed by atoms with van der Waals surface area (Å²) in [6.07, 6.45) is 5.07. The van der Waals surface area contributed by atoms with Crippen molar-refractivity contribution in [3.05, 3.63) is 35.4 Å². The summed E-state index contributed by atoms with van der Waals surface area (Å²) in [6, 6.07) is 9.51. The van der Waals surface area contributed by atoms with Crippen LogP contribution in [-0.2, 0) is 4.74 Å². The van der Waals surface area contributed by atoms with Crippen molar-refractivity contribution in [2.75, 3.05) is 13.2 Å². The summed E-state index contributed by atoms with van der Waals surface area (Å²) in [4.78, 5) is 0. The van der Waals surface area contributed by atoms with E-state index >= 15 is 0 Å². The van der Waals surface area contributed by atoms with E-state index in [0.717, 1.165) is 19.6 Å². The van der Waals surface area contributed by atoms with Crippen molar-refractivity contribution in [2.45, 2.75) is 64.5 Å². The molecule has 0 aliphatic carbocycles. The molecule has 2 rings (SSSR count). The molecule has 0 spiro atoms. The largest absolute Gasteiger partial charge is 0.376 e. The molecular formula is C18H29NO. The van der Waals surface area contributed by atoms with Gasteiger partial charge in [0.25, 0.3) is 0 Å². The predicted molar refractivity (Wildman–Crippen MR) is 85.2 cm³/mol. The highest BCUT2D eigenvalue weighted by atomic mass is 16.5. The molecule has 0 saturated carbocycles. The summed E-state index contributed by atoms with van der Waals surface area (Å²) < 4.78 is 5.90. The zero-order valence-electron chi connectivity index (χ0n) is 13.2. The monoisotopic (exact) mass is 275 g/mol. The van der Waals surface area contributed by atoms with Gasteiger partial charge in [-0.3, -0.25) is 0 Å². The van der Waals surface area contributed by atoms with Crippen molar-refractivity contribution in [1.29, 1.82) is 0 Å². The van der Waals surface area contributed by atoms with Crippen molar-refractivity contribution in [3.8, 4) is 0 Å². The lowest BCUT2D eigenvalue weighted by Crippen LogP contribution is -2.32. The van der Waals surface area contributed by atoms with Gasteiger partial charge in [0, 0.05) is 6.61 Å². The molecule has 1 aliphatic rings. The van der Waals surface area contributed by atoms with Crippen molar-refractivity contribution in [3.63, 3.8) is 0 Å². The molecule has 0 bridgehead atoms. The Morgan fingerprint density at radius 3 is 2.45 bits per heavy atom. The van der Waals surface area contributed by atoms with Crippen LogP contribution in [-0.4, -0.2) is 19.3 Å². The van der Waals surface area contributed by atoms with Crippen molar-refractivity contribution in [2.24, 2.45) is 0 Å². The fourth-order valence-corrected chi connectivity index (χ4v) is 2.90. The molecule has 20 heavy (non-hydrogen) atoms. The van der Waals surface area contributed by atoms with E-state index in [4.69, 9.17) is 4.74 Å². The molecule has 0 amide bonds. The Labute approximate surface area is 123 Å². The molecule has 1 N–H and O–H groups in total. The van der Waals surface area contributed by atoms with E-state index in [0.29, 0.717) is 18.1 Å². The third-order valence-corrected chi connectivity index (χ3v) is 4.43. The van der Waals surface area contributed by atoms with E-state index in [2.05, 4.69) is 50.4 Å². The Balaban J connectivity index is 2.10. The molecule has 1 aliphatic heterocycles. The molecule has 2 heteroatoms. The molecule has 0 aromatic heterocycles. The molecule has 1 saturated heterocycles. The standard InChI is InChI=1S/C18H29NO/c1-4-12-19-18(17-7-6-13-20-17)16-10-8-15(9-11-16)14(3)5-2/h8-11,14,17-19H,4-7,12-13H2,1-3H3. The fourth-order valence-electron chi connectivity index (χ4n) is 2.90. The highest BCUT2D eigenvalue weighted by Gasteiger charge is 2.26. The van der Waals surface area contributed by atoms with Crippen molar-refractivity contribution < 1.29 is 4.74 Å². The Morgan fingerprint density at radius 1 is 1.20 bits per heavy atom. The Hall–Kier alpha value is -0.860. The lowest BCUT2D eigenvalue weighted by atomic mass is 9.94. The minimum atomic E-state index is 0.344. The first-order valence-electron chi connectivity index (χ1n) is 8.21. The van der Waals surface area contributed by atoms with Gasteiger partial charge in [0.2, 0.25) is 0 Å². The van der Waals surface area contributed by atoms with Crippen LogP contribution < -0.4 is 5.32 Å². The van der Waals surface area contributed by atoms with Gasteiger partial charge in [-0.15, -0.1) is 0 Å². The van der Waals surface area contributed by atoms with E-state index in [1.807, 2.05) is 0 Å². The second-order valence-corrected chi connectivity index (χ2v) is 5.96. The highest BCUT2D eigenvalue weighted by molar-refractivity contribution is 5.28. The first-order chi connectivity index (χ1) is 9.76. The van der Waals surface area contributed by atoms with Gasteiger partial charge in [-0.25, -0.2) is 0 Å². The van der Waals surface area contributed by atoms with Crippen molar-refractivity contribution >= 4 is 0 Å². The van der Waals surface area contributed by atoms with Crippen LogP contribution in [0.25, 0.3) is 0 Å². The zero-order valence-corrected chi connectivity index (χ0v) is 13.2. The van der Waals surface area contributed by atoms with Gasteiger partial charge in [0.15, 0.2) is 0 Å². The lowest BCUT2D eigenvalue weighted by Gasteiger charge is -2.25. The normalized spacial score (nSPS) is 21.9. The molecule has 0 radical (unpaired) electrons. The summed E-state index contributed by atoms with van der Waals surface area (Å²) in [5.41, 5.74) is 2.82. The van der Waals surface area contributed by atoms with Crippen LogP contribution in [0.1, 0.15) is 69.5 Å². The van der Waals surface area contributed by atoms with Gasteiger partial charge in [-0.05, 0) is 49.3 Å². The maximum Gasteiger partial charge on any atom is 0.0770 e. The zero-order chi connectivity index (χ0) is 14.4.